The Morgan fingerprint density at radius 2 is 2.00 bits per heavy atom. The molecule has 112 valence electrons. The second kappa shape index (κ2) is 7.23. The summed E-state index contributed by atoms with van der Waals surface area (Å²) in [6.07, 6.45) is 1.72. The van der Waals surface area contributed by atoms with Crippen molar-refractivity contribution in [3.8, 4) is 5.75 Å². The molecule has 2 N–H and O–H groups in total. The molecule has 0 fully saturated rings. The summed E-state index contributed by atoms with van der Waals surface area (Å²) in [6.45, 7) is 2.60. The third-order valence-electron chi connectivity index (χ3n) is 3.81. The molecule has 2 nitrogen and oxygen atoms in total. The first-order valence-electron chi connectivity index (χ1n) is 7.29. The number of nitrogens with two attached hydrogens (primary N) is 1. The number of halogens is 1. The van der Waals surface area contributed by atoms with Gasteiger partial charge in [-0.2, -0.15) is 0 Å². The molecule has 3 heteroatoms. The van der Waals surface area contributed by atoms with E-state index in [9.17, 15) is 4.39 Å². The van der Waals surface area contributed by atoms with Gasteiger partial charge < -0.3 is 10.5 Å². The van der Waals surface area contributed by atoms with E-state index in [4.69, 9.17) is 10.5 Å². The molecular formula is C18H22FNO. The number of rotatable bonds is 6. The first-order valence-corrected chi connectivity index (χ1v) is 7.29. The summed E-state index contributed by atoms with van der Waals surface area (Å²) in [4.78, 5) is 0. The molecule has 0 spiro atoms. The zero-order valence-corrected chi connectivity index (χ0v) is 12.6. The second-order valence-electron chi connectivity index (χ2n) is 5.19. The van der Waals surface area contributed by atoms with Crippen molar-refractivity contribution in [1.82, 2.24) is 0 Å². The van der Waals surface area contributed by atoms with E-state index >= 15 is 0 Å². The Hall–Kier alpha value is -1.87. The van der Waals surface area contributed by atoms with Crippen LogP contribution in [0.3, 0.4) is 0 Å². The molecule has 2 rings (SSSR count). The van der Waals surface area contributed by atoms with E-state index in [2.05, 4.69) is 19.1 Å². The van der Waals surface area contributed by atoms with Crippen LogP contribution in [0.4, 0.5) is 4.39 Å². The van der Waals surface area contributed by atoms with Gasteiger partial charge in [-0.25, -0.2) is 4.39 Å². The second-order valence-corrected chi connectivity index (χ2v) is 5.19. The van der Waals surface area contributed by atoms with E-state index in [0.29, 0.717) is 6.54 Å². The molecule has 0 radical (unpaired) electrons. The van der Waals surface area contributed by atoms with Crippen LogP contribution in [-0.4, -0.2) is 13.7 Å². The molecule has 0 aromatic heterocycles. The third kappa shape index (κ3) is 3.82. The van der Waals surface area contributed by atoms with Gasteiger partial charge >= 0.3 is 0 Å². The minimum atomic E-state index is -0.213. The lowest BCUT2D eigenvalue weighted by molar-refractivity contribution is 0.410. The van der Waals surface area contributed by atoms with Gasteiger partial charge in [0, 0.05) is 5.92 Å². The van der Waals surface area contributed by atoms with Crippen LogP contribution in [-0.2, 0) is 12.8 Å². The van der Waals surface area contributed by atoms with Crippen LogP contribution >= 0.6 is 0 Å². The monoisotopic (exact) mass is 287 g/mol. The maximum Gasteiger partial charge on any atom is 0.123 e. The SMILES string of the molecule is CCc1cc(CC(CN)c2cccc(F)c2)ccc1OC. The molecule has 1 unspecified atom stereocenters. The van der Waals surface area contributed by atoms with Gasteiger partial charge in [0.05, 0.1) is 7.11 Å². The summed E-state index contributed by atoms with van der Waals surface area (Å²) in [6, 6.07) is 12.9. The molecule has 0 heterocycles. The quantitative estimate of drug-likeness (QED) is 0.879. The average molecular weight is 287 g/mol. The van der Waals surface area contributed by atoms with Gasteiger partial charge in [-0.05, 0) is 54.3 Å². The summed E-state index contributed by atoms with van der Waals surface area (Å²) in [5.41, 5.74) is 9.22. The van der Waals surface area contributed by atoms with E-state index in [0.717, 1.165) is 24.2 Å². The standard InChI is InChI=1S/C18H22FNO/c1-3-14-9-13(7-8-18(14)21-2)10-16(12-20)15-5-4-6-17(19)11-15/h4-9,11,16H,3,10,12,20H2,1-2H3. The summed E-state index contributed by atoms with van der Waals surface area (Å²) < 4.78 is 18.7. The van der Waals surface area contributed by atoms with E-state index in [1.807, 2.05) is 12.1 Å². The highest BCUT2D eigenvalue weighted by molar-refractivity contribution is 5.38. The van der Waals surface area contributed by atoms with Crippen molar-refractivity contribution in [3.05, 3.63) is 65.0 Å². The zero-order chi connectivity index (χ0) is 15.2. The Morgan fingerprint density at radius 3 is 2.62 bits per heavy atom. The molecule has 0 aliphatic rings. The van der Waals surface area contributed by atoms with Gasteiger partial charge in [0.15, 0.2) is 0 Å². The molecule has 0 amide bonds. The fourth-order valence-electron chi connectivity index (χ4n) is 2.62. The highest BCUT2D eigenvalue weighted by atomic mass is 19.1. The van der Waals surface area contributed by atoms with Crippen LogP contribution in [0.15, 0.2) is 42.5 Å². The van der Waals surface area contributed by atoms with Gasteiger partial charge in [-0.1, -0.05) is 31.2 Å². The van der Waals surface area contributed by atoms with Gasteiger partial charge in [-0.15, -0.1) is 0 Å². The number of hydrogen-bond acceptors (Lipinski definition) is 2. The topological polar surface area (TPSA) is 35.2 Å². The fraction of sp³-hybridized carbons (Fsp3) is 0.333. The lowest BCUT2D eigenvalue weighted by Crippen LogP contribution is -2.15. The maximum absolute atomic E-state index is 13.4. The fourth-order valence-corrected chi connectivity index (χ4v) is 2.62. The third-order valence-corrected chi connectivity index (χ3v) is 3.81. The van der Waals surface area contributed by atoms with Crippen LogP contribution < -0.4 is 10.5 Å². The predicted molar refractivity (Wildman–Crippen MR) is 84.3 cm³/mol. The van der Waals surface area contributed by atoms with Crippen LogP contribution in [0, 0.1) is 5.82 Å². The van der Waals surface area contributed by atoms with E-state index in [-0.39, 0.29) is 11.7 Å². The predicted octanol–water partition coefficient (Wildman–Crippen LogP) is 3.68. The van der Waals surface area contributed by atoms with Crippen molar-refractivity contribution in [2.24, 2.45) is 5.73 Å². The Bertz CT molecular complexity index is 598. The van der Waals surface area contributed by atoms with Crippen molar-refractivity contribution in [1.29, 1.82) is 0 Å². The van der Waals surface area contributed by atoms with Crippen LogP contribution in [0.5, 0.6) is 5.75 Å². The molecule has 2 aromatic rings. The van der Waals surface area contributed by atoms with Crippen molar-refractivity contribution in [2.45, 2.75) is 25.7 Å². The zero-order valence-electron chi connectivity index (χ0n) is 12.6. The van der Waals surface area contributed by atoms with Crippen molar-refractivity contribution < 1.29 is 9.13 Å². The lowest BCUT2D eigenvalue weighted by Gasteiger charge is -2.17. The molecule has 21 heavy (non-hydrogen) atoms. The largest absolute Gasteiger partial charge is 0.496 e. The molecule has 0 aliphatic carbocycles. The summed E-state index contributed by atoms with van der Waals surface area (Å²) >= 11 is 0. The van der Waals surface area contributed by atoms with Crippen LogP contribution in [0.1, 0.15) is 29.5 Å². The van der Waals surface area contributed by atoms with E-state index < -0.39 is 0 Å². The van der Waals surface area contributed by atoms with Gasteiger partial charge in [0.1, 0.15) is 11.6 Å². The first kappa shape index (κ1) is 15.5. The maximum atomic E-state index is 13.4. The minimum absolute atomic E-state index is 0.124. The lowest BCUT2D eigenvalue weighted by atomic mass is 9.91. The van der Waals surface area contributed by atoms with Gasteiger partial charge in [-0.3, -0.25) is 0 Å². The summed E-state index contributed by atoms with van der Waals surface area (Å²) in [5, 5.41) is 0. The van der Waals surface area contributed by atoms with Gasteiger partial charge in [0.25, 0.3) is 0 Å². The number of hydrogen-bond donors (Lipinski definition) is 1. The van der Waals surface area contributed by atoms with Crippen molar-refractivity contribution in [2.75, 3.05) is 13.7 Å². The molecule has 0 bridgehead atoms. The van der Waals surface area contributed by atoms with Crippen molar-refractivity contribution in [3.63, 3.8) is 0 Å². The molecular weight excluding hydrogens is 265 g/mol. The highest BCUT2D eigenvalue weighted by Gasteiger charge is 2.12. The Labute approximate surface area is 125 Å². The first-order chi connectivity index (χ1) is 10.2. The smallest absolute Gasteiger partial charge is 0.123 e. The van der Waals surface area contributed by atoms with Gasteiger partial charge in [0.2, 0.25) is 0 Å². The number of methoxy groups -OCH3 is 1. The molecule has 2 aromatic carbocycles. The molecule has 0 aliphatic heterocycles. The number of aryl methyl sites for hydroxylation is 1. The molecule has 0 saturated carbocycles. The molecule has 1 atom stereocenters. The van der Waals surface area contributed by atoms with Crippen molar-refractivity contribution >= 4 is 0 Å². The van der Waals surface area contributed by atoms with E-state index in [1.54, 1.807) is 19.2 Å². The Kier molecular flexibility index (Phi) is 5.34. The molecule has 0 saturated heterocycles. The number of ether oxygens (including phenoxy) is 1. The van der Waals surface area contributed by atoms with E-state index in [1.165, 1.54) is 17.2 Å². The normalized spacial score (nSPS) is 12.2. The average Bonchev–Trinajstić information content (AvgIpc) is 2.52. The summed E-state index contributed by atoms with van der Waals surface area (Å²) in [5.74, 6) is 0.824. The summed E-state index contributed by atoms with van der Waals surface area (Å²) in [7, 11) is 1.68. The van der Waals surface area contributed by atoms with Crippen LogP contribution in [0.25, 0.3) is 0 Å². The van der Waals surface area contributed by atoms with Crippen LogP contribution in [0.2, 0.25) is 0 Å². The highest BCUT2D eigenvalue weighted by Crippen LogP contribution is 2.25. The number of benzene rings is 2. The Morgan fingerprint density at radius 1 is 1.19 bits per heavy atom. The Balaban J connectivity index is 2.22. The minimum Gasteiger partial charge on any atom is -0.496 e.